The lowest BCUT2D eigenvalue weighted by Crippen LogP contribution is -2.18. The Morgan fingerprint density at radius 2 is 2.00 bits per heavy atom. The maximum absolute atomic E-state index is 5.20. The predicted molar refractivity (Wildman–Crippen MR) is 71.1 cm³/mol. The number of benzene rings is 1. The van der Waals surface area contributed by atoms with Crippen molar-refractivity contribution < 1.29 is 9.15 Å². The number of methoxy groups -OCH3 is 1. The lowest BCUT2D eigenvalue weighted by atomic mass is 10.1. The summed E-state index contributed by atoms with van der Waals surface area (Å²) in [6.45, 7) is 3.60. The topological polar surface area (TPSA) is 34.4 Å². The molecular weight excluding hydrogens is 226 g/mol. The number of hydrogen-bond acceptors (Lipinski definition) is 3. The van der Waals surface area contributed by atoms with Crippen molar-refractivity contribution in [1.29, 1.82) is 0 Å². The number of ether oxygens (including phenoxy) is 1. The van der Waals surface area contributed by atoms with E-state index in [9.17, 15) is 0 Å². The van der Waals surface area contributed by atoms with E-state index in [1.807, 2.05) is 12.1 Å². The Morgan fingerprint density at radius 3 is 2.67 bits per heavy atom. The average molecular weight is 245 g/mol. The summed E-state index contributed by atoms with van der Waals surface area (Å²) >= 11 is 0. The second-order valence-electron chi connectivity index (χ2n) is 4.36. The number of rotatable bonds is 6. The van der Waals surface area contributed by atoms with Crippen LogP contribution in [0.4, 0.5) is 0 Å². The van der Waals surface area contributed by atoms with Gasteiger partial charge in [0.25, 0.3) is 0 Å². The standard InChI is InChI=1S/C15H19NO2/c1-12(14-7-8-18-11-14)16-9-13-5-3-4-6-15(13)10-17-2/h3-8,11-12,16H,9-10H2,1-2H3. The summed E-state index contributed by atoms with van der Waals surface area (Å²) in [6, 6.07) is 10.6. The molecule has 0 saturated carbocycles. The lowest BCUT2D eigenvalue weighted by Gasteiger charge is -2.14. The van der Waals surface area contributed by atoms with Crippen LogP contribution in [0.15, 0.2) is 47.3 Å². The van der Waals surface area contributed by atoms with Gasteiger partial charge < -0.3 is 14.5 Å². The highest BCUT2D eigenvalue weighted by atomic mass is 16.5. The first-order chi connectivity index (χ1) is 8.81. The van der Waals surface area contributed by atoms with Gasteiger partial charge in [0, 0.05) is 25.3 Å². The van der Waals surface area contributed by atoms with Crippen LogP contribution < -0.4 is 5.32 Å². The SMILES string of the molecule is COCc1ccccc1CNC(C)c1ccoc1. The summed E-state index contributed by atoms with van der Waals surface area (Å²) in [7, 11) is 1.72. The van der Waals surface area contributed by atoms with Crippen molar-refractivity contribution in [3.8, 4) is 0 Å². The maximum atomic E-state index is 5.20. The van der Waals surface area contributed by atoms with Crippen LogP contribution in [0.3, 0.4) is 0 Å². The van der Waals surface area contributed by atoms with E-state index in [0.717, 1.165) is 6.54 Å². The van der Waals surface area contributed by atoms with E-state index in [1.165, 1.54) is 16.7 Å². The minimum atomic E-state index is 0.277. The summed E-state index contributed by atoms with van der Waals surface area (Å²) in [5.74, 6) is 0. The fourth-order valence-electron chi connectivity index (χ4n) is 1.93. The van der Waals surface area contributed by atoms with E-state index >= 15 is 0 Å². The Morgan fingerprint density at radius 1 is 1.22 bits per heavy atom. The van der Waals surface area contributed by atoms with Gasteiger partial charge in [-0.25, -0.2) is 0 Å². The van der Waals surface area contributed by atoms with Crippen molar-refractivity contribution in [2.45, 2.75) is 26.1 Å². The third-order valence-electron chi connectivity index (χ3n) is 3.06. The minimum Gasteiger partial charge on any atom is -0.472 e. The van der Waals surface area contributed by atoms with Crippen molar-refractivity contribution in [1.82, 2.24) is 5.32 Å². The highest BCUT2D eigenvalue weighted by molar-refractivity contribution is 5.26. The van der Waals surface area contributed by atoms with Crippen LogP contribution in [0.25, 0.3) is 0 Å². The molecule has 3 nitrogen and oxygen atoms in total. The average Bonchev–Trinajstić information content (AvgIpc) is 2.92. The quantitative estimate of drug-likeness (QED) is 0.848. The van der Waals surface area contributed by atoms with E-state index in [1.54, 1.807) is 19.6 Å². The van der Waals surface area contributed by atoms with Crippen LogP contribution in [0.5, 0.6) is 0 Å². The van der Waals surface area contributed by atoms with Gasteiger partial charge in [0.2, 0.25) is 0 Å². The second kappa shape index (κ2) is 6.38. The van der Waals surface area contributed by atoms with Crippen molar-refractivity contribution in [3.63, 3.8) is 0 Å². The molecule has 0 bridgehead atoms. The molecule has 0 saturated heterocycles. The molecule has 2 rings (SSSR count). The van der Waals surface area contributed by atoms with Crippen molar-refractivity contribution in [3.05, 3.63) is 59.5 Å². The Labute approximate surface area is 108 Å². The number of hydrogen-bond donors (Lipinski definition) is 1. The Kier molecular flexibility index (Phi) is 4.56. The molecule has 96 valence electrons. The van der Waals surface area contributed by atoms with E-state index < -0.39 is 0 Å². The Balaban J connectivity index is 1.97. The Hall–Kier alpha value is -1.58. The molecule has 0 aliphatic heterocycles. The summed E-state index contributed by atoms with van der Waals surface area (Å²) in [5, 5.41) is 3.48. The van der Waals surface area contributed by atoms with E-state index in [-0.39, 0.29) is 6.04 Å². The van der Waals surface area contributed by atoms with E-state index in [2.05, 4.69) is 30.4 Å². The molecular formula is C15H19NO2. The van der Waals surface area contributed by atoms with E-state index in [4.69, 9.17) is 9.15 Å². The van der Waals surface area contributed by atoms with Crippen LogP contribution in [0.2, 0.25) is 0 Å². The second-order valence-corrected chi connectivity index (χ2v) is 4.36. The lowest BCUT2D eigenvalue weighted by molar-refractivity contribution is 0.184. The smallest absolute Gasteiger partial charge is 0.0950 e. The van der Waals surface area contributed by atoms with Crippen LogP contribution in [-0.4, -0.2) is 7.11 Å². The highest BCUT2D eigenvalue weighted by Gasteiger charge is 2.07. The molecule has 0 aliphatic rings. The van der Waals surface area contributed by atoms with E-state index in [0.29, 0.717) is 6.61 Å². The molecule has 1 atom stereocenters. The first kappa shape index (κ1) is 12.9. The van der Waals surface area contributed by atoms with Gasteiger partial charge in [-0.3, -0.25) is 0 Å². The third kappa shape index (κ3) is 3.22. The molecule has 1 N–H and O–H groups in total. The van der Waals surface area contributed by atoms with Crippen LogP contribution >= 0.6 is 0 Å². The summed E-state index contributed by atoms with van der Waals surface area (Å²) in [6.07, 6.45) is 3.48. The fraction of sp³-hybridized carbons (Fsp3) is 0.333. The first-order valence-corrected chi connectivity index (χ1v) is 6.12. The van der Waals surface area contributed by atoms with Crippen LogP contribution in [0, 0.1) is 0 Å². The molecule has 3 heteroatoms. The number of furan rings is 1. The highest BCUT2D eigenvalue weighted by Crippen LogP contribution is 2.15. The Bertz CT molecular complexity index is 465. The number of nitrogens with one attached hydrogen (secondary N) is 1. The summed E-state index contributed by atoms with van der Waals surface area (Å²) in [5.41, 5.74) is 3.67. The van der Waals surface area contributed by atoms with Gasteiger partial charge in [-0.05, 0) is 24.1 Å². The molecule has 1 aromatic carbocycles. The zero-order chi connectivity index (χ0) is 12.8. The molecule has 0 aliphatic carbocycles. The molecule has 1 unspecified atom stereocenters. The van der Waals surface area contributed by atoms with Gasteiger partial charge in [-0.1, -0.05) is 24.3 Å². The first-order valence-electron chi connectivity index (χ1n) is 6.12. The molecule has 1 heterocycles. The fourth-order valence-corrected chi connectivity index (χ4v) is 1.93. The van der Waals surface area contributed by atoms with Crippen LogP contribution in [-0.2, 0) is 17.9 Å². The normalized spacial score (nSPS) is 12.6. The zero-order valence-electron chi connectivity index (χ0n) is 10.8. The van der Waals surface area contributed by atoms with Crippen molar-refractivity contribution >= 4 is 0 Å². The molecule has 1 aromatic heterocycles. The van der Waals surface area contributed by atoms with Gasteiger partial charge in [0.15, 0.2) is 0 Å². The monoisotopic (exact) mass is 245 g/mol. The molecule has 0 fully saturated rings. The van der Waals surface area contributed by atoms with Crippen molar-refractivity contribution in [2.24, 2.45) is 0 Å². The van der Waals surface area contributed by atoms with Gasteiger partial charge in [-0.2, -0.15) is 0 Å². The zero-order valence-corrected chi connectivity index (χ0v) is 10.8. The molecule has 0 radical (unpaired) electrons. The van der Waals surface area contributed by atoms with Gasteiger partial charge in [-0.15, -0.1) is 0 Å². The van der Waals surface area contributed by atoms with Crippen molar-refractivity contribution in [2.75, 3.05) is 7.11 Å². The molecule has 0 amide bonds. The minimum absolute atomic E-state index is 0.277. The largest absolute Gasteiger partial charge is 0.472 e. The maximum Gasteiger partial charge on any atom is 0.0950 e. The van der Waals surface area contributed by atoms with Gasteiger partial charge in [0.1, 0.15) is 0 Å². The molecule has 0 spiro atoms. The third-order valence-corrected chi connectivity index (χ3v) is 3.06. The van der Waals surface area contributed by atoms with Gasteiger partial charge in [0.05, 0.1) is 19.1 Å². The molecule has 2 aromatic rings. The van der Waals surface area contributed by atoms with Gasteiger partial charge >= 0.3 is 0 Å². The predicted octanol–water partition coefficient (Wildman–Crippen LogP) is 3.28. The molecule has 18 heavy (non-hydrogen) atoms. The summed E-state index contributed by atoms with van der Waals surface area (Å²) in [4.78, 5) is 0. The summed E-state index contributed by atoms with van der Waals surface area (Å²) < 4.78 is 10.3. The van der Waals surface area contributed by atoms with Crippen LogP contribution in [0.1, 0.15) is 29.7 Å².